The fourth-order valence-corrected chi connectivity index (χ4v) is 2.58. The quantitative estimate of drug-likeness (QED) is 0.840. The minimum atomic E-state index is -0.391. The molecule has 1 aliphatic heterocycles. The number of pyridine rings is 1. The number of rotatable bonds is 2. The molecule has 0 aliphatic carbocycles. The average molecular weight is 284 g/mol. The van der Waals surface area contributed by atoms with Crippen molar-refractivity contribution in [3.63, 3.8) is 0 Å². The lowest BCUT2D eigenvalue weighted by Crippen LogP contribution is -2.38. The summed E-state index contributed by atoms with van der Waals surface area (Å²) in [6.07, 6.45) is 4.55. The lowest BCUT2D eigenvalue weighted by atomic mass is 10.1. The molecular formula is C14H16N6O. The lowest BCUT2D eigenvalue weighted by molar-refractivity contribution is 0.154. The molecule has 1 atom stereocenters. The highest BCUT2D eigenvalue weighted by Crippen LogP contribution is 2.28. The molecule has 0 aromatic carbocycles. The second-order valence-corrected chi connectivity index (χ2v) is 5.05. The molecule has 3 heterocycles. The number of aliphatic hydroxyl groups is 1. The van der Waals surface area contributed by atoms with Crippen LogP contribution in [0, 0.1) is 11.3 Å². The molecule has 0 spiro atoms. The van der Waals surface area contributed by atoms with Crippen molar-refractivity contribution in [2.75, 3.05) is 23.7 Å². The molecule has 7 nitrogen and oxygen atoms in total. The van der Waals surface area contributed by atoms with Gasteiger partial charge in [0.25, 0.3) is 0 Å². The highest BCUT2D eigenvalue weighted by Gasteiger charge is 2.25. The zero-order chi connectivity index (χ0) is 14.8. The van der Waals surface area contributed by atoms with Crippen molar-refractivity contribution >= 4 is 11.6 Å². The third-order valence-corrected chi connectivity index (χ3v) is 3.62. The summed E-state index contributed by atoms with van der Waals surface area (Å²) < 4.78 is 1.54. The van der Waals surface area contributed by atoms with Crippen LogP contribution in [0.2, 0.25) is 0 Å². The molecule has 1 aliphatic rings. The molecule has 21 heavy (non-hydrogen) atoms. The van der Waals surface area contributed by atoms with Gasteiger partial charge in [-0.1, -0.05) is 0 Å². The number of nitriles is 1. The minimum Gasteiger partial charge on any atom is -0.391 e. The van der Waals surface area contributed by atoms with E-state index < -0.39 is 6.10 Å². The Morgan fingerprint density at radius 3 is 2.81 bits per heavy atom. The Labute approximate surface area is 122 Å². The smallest absolute Gasteiger partial charge is 0.171 e. The molecule has 3 rings (SSSR count). The summed E-state index contributed by atoms with van der Waals surface area (Å²) in [6.45, 7) is 1.24. The van der Waals surface area contributed by atoms with Crippen molar-refractivity contribution in [3.05, 3.63) is 30.1 Å². The van der Waals surface area contributed by atoms with Crippen molar-refractivity contribution < 1.29 is 5.11 Å². The van der Waals surface area contributed by atoms with Gasteiger partial charge in [0.15, 0.2) is 5.82 Å². The maximum absolute atomic E-state index is 9.80. The van der Waals surface area contributed by atoms with Crippen molar-refractivity contribution in [2.24, 2.45) is 0 Å². The first-order chi connectivity index (χ1) is 10.2. The third kappa shape index (κ3) is 2.41. The summed E-state index contributed by atoms with van der Waals surface area (Å²) in [7, 11) is 0. The van der Waals surface area contributed by atoms with Crippen molar-refractivity contribution in [1.29, 1.82) is 5.26 Å². The molecule has 2 aromatic rings. The number of anilines is 2. The maximum Gasteiger partial charge on any atom is 0.171 e. The summed E-state index contributed by atoms with van der Waals surface area (Å²) in [5, 5.41) is 23.6. The average Bonchev–Trinajstić information content (AvgIpc) is 2.85. The van der Waals surface area contributed by atoms with E-state index in [0.29, 0.717) is 23.7 Å². The summed E-state index contributed by atoms with van der Waals surface area (Å²) in [6, 6.07) is 5.67. The zero-order valence-corrected chi connectivity index (χ0v) is 11.5. The highest BCUT2D eigenvalue weighted by atomic mass is 16.3. The molecule has 0 radical (unpaired) electrons. The first-order valence-corrected chi connectivity index (χ1v) is 6.82. The van der Waals surface area contributed by atoms with Crippen LogP contribution in [0.15, 0.2) is 24.5 Å². The van der Waals surface area contributed by atoms with E-state index in [1.807, 2.05) is 4.90 Å². The van der Waals surface area contributed by atoms with Crippen molar-refractivity contribution in [1.82, 2.24) is 14.8 Å². The Kier molecular flexibility index (Phi) is 3.46. The maximum atomic E-state index is 9.80. The normalized spacial score (nSPS) is 18.5. The van der Waals surface area contributed by atoms with Gasteiger partial charge in [0.2, 0.25) is 0 Å². The molecule has 108 valence electrons. The Hall–Kier alpha value is -2.59. The van der Waals surface area contributed by atoms with Gasteiger partial charge in [0.1, 0.15) is 17.5 Å². The Morgan fingerprint density at radius 2 is 2.14 bits per heavy atom. The minimum absolute atomic E-state index is 0.304. The number of aromatic nitrogens is 3. The van der Waals surface area contributed by atoms with Crippen LogP contribution >= 0.6 is 0 Å². The second-order valence-electron chi connectivity index (χ2n) is 5.05. The third-order valence-electron chi connectivity index (χ3n) is 3.62. The standard InChI is InChI=1S/C14H16N6O/c15-8-12-13(16)20(10-3-5-17-6-4-10)18-14(12)19-7-1-2-11(21)9-19/h3-6,11,21H,1-2,7,9,16H2. The van der Waals surface area contributed by atoms with Gasteiger partial charge in [-0.15, -0.1) is 5.10 Å². The summed E-state index contributed by atoms with van der Waals surface area (Å²) >= 11 is 0. The monoisotopic (exact) mass is 284 g/mol. The summed E-state index contributed by atoms with van der Waals surface area (Å²) in [5.41, 5.74) is 7.16. The van der Waals surface area contributed by atoms with E-state index in [2.05, 4.69) is 16.2 Å². The van der Waals surface area contributed by atoms with Crippen molar-refractivity contribution in [2.45, 2.75) is 18.9 Å². The lowest BCUT2D eigenvalue weighted by Gasteiger charge is -2.30. The van der Waals surface area contributed by atoms with Crippen LogP contribution in [-0.4, -0.2) is 39.1 Å². The van der Waals surface area contributed by atoms with Gasteiger partial charge in [-0.3, -0.25) is 4.98 Å². The number of aliphatic hydroxyl groups excluding tert-OH is 1. The predicted molar refractivity (Wildman–Crippen MR) is 77.9 cm³/mol. The largest absolute Gasteiger partial charge is 0.391 e. The van der Waals surface area contributed by atoms with Crippen LogP contribution in [0.3, 0.4) is 0 Å². The Balaban J connectivity index is 2.04. The molecule has 0 saturated carbocycles. The van der Waals surface area contributed by atoms with Crippen LogP contribution < -0.4 is 10.6 Å². The fraction of sp³-hybridized carbons (Fsp3) is 0.357. The number of piperidine rings is 1. The number of nitrogen functional groups attached to an aromatic ring is 1. The van der Waals surface area contributed by atoms with E-state index >= 15 is 0 Å². The second kappa shape index (κ2) is 5.42. The molecule has 7 heteroatoms. The van der Waals surface area contributed by atoms with E-state index in [0.717, 1.165) is 25.1 Å². The topological polar surface area (TPSA) is 104 Å². The van der Waals surface area contributed by atoms with Crippen LogP contribution in [0.1, 0.15) is 18.4 Å². The molecule has 0 bridgehead atoms. The van der Waals surface area contributed by atoms with E-state index in [-0.39, 0.29) is 0 Å². The highest BCUT2D eigenvalue weighted by molar-refractivity contribution is 5.67. The Bertz CT molecular complexity index is 675. The molecule has 1 unspecified atom stereocenters. The van der Waals surface area contributed by atoms with Gasteiger partial charge in [0, 0.05) is 25.5 Å². The van der Waals surface area contributed by atoms with Gasteiger partial charge in [-0.25, -0.2) is 4.68 Å². The van der Waals surface area contributed by atoms with E-state index in [1.165, 1.54) is 4.68 Å². The summed E-state index contributed by atoms with van der Waals surface area (Å²) in [5.74, 6) is 0.837. The van der Waals surface area contributed by atoms with Gasteiger partial charge in [0.05, 0.1) is 11.8 Å². The van der Waals surface area contributed by atoms with Gasteiger partial charge in [-0.05, 0) is 25.0 Å². The van der Waals surface area contributed by atoms with E-state index in [4.69, 9.17) is 5.73 Å². The molecule has 1 fully saturated rings. The first-order valence-electron chi connectivity index (χ1n) is 6.82. The molecule has 2 aromatic heterocycles. The Morgan fingerprint density at radius 1 is 1.38 bits per heavy atom. The number of hydrogen-bond acceptors (Lipinski definition) is 6. The zero-order valence-electron chi connectivity index (χ0n) is 11.5. The van der Waals surface area contributed by atoms with Crippen LogP contribution in [0.4, 0.5) is 11.6 Å². The number of hydrogen-bond donors (Lipinski definition) is 2. The van der Waals surface area contributed by atoms with Crippen molar-refractivity contribution in [3.8, 4) is 11.8 Å². The SMILES string of the molecule is N#Cc1c(N2CCCC(O)C2)nn(-c2ccncc2)c1N. The number of β-amino-alcohol motifs (C(OH)–C–C–N with tert-alkyl or cyclic N) is 1. The number of nitrogens with two attached hydrogens (primary N) is 1. The van der Waals surface area contributed by atoms with Gasteiger partial charge < -0.3 is 15.7 Å². The molecular weight excluding hydrogens is 268 g/mol. The molecule has 0 amide bonds. The first kappa shape index (κ1) is 13.4. The predicted octanol–water partition coefficient (Wildman–Crippen LogP) is 0.682. The fourth-order valence-electron chi connectivity index (χ4n) is 2.58. The summed E-state index contributed by atoms with van der Waals surface area (Å²) in [4.78, 5) is 5.88. The van der Waals surface area contributed by atoms with E-state index in [1.54, 1.807) is 24.5 Å². The molecule has 1 saturated heterocycles. The van der Waals surface area contributed by atoms with Crippen LogP contribution in [0.25, 0.3) is 5.69 Å². The van der Waals surface area contributed by atoms with Crippen LogP contribution in [-0.2, 0) is 0 Å². The van der Waals surface area contributed by atoms with Gasteiger partial charge >= 0.3 is 0 Å². The number of nitrogens with zero attached hydrogens (tertiary/aromatic N) is 5. The van der Waals surface area contributed by atoms with Gasteiger partial charge in [-0.2, -0.15) is 5.26 Å². The molecule has 3 N–H and O–H groups in total. The van der Waals surface area contributed by atoms with Crippen LogP contribution in [0.5, 0.6) is 0 Å². The van der Waals surface area contributed by atoms with E-state index in [9.17, 15) is 10.4 Å².